The van der Waals surface area contributed by atoms with E-state index < -0.39 is 0 Å². The minimum absolute atomic E-state index is 0.146. The molecule has 4 bridgehead atoms. The molecule has 0 saturated heterocycles. The third-order valence-electron chi connectivity index (χ3n) is 6.56. The zero-order valence-electron chi connectivity index (χ0n) is 15.1. The van der Waals surface area contributed by atoms with Gasteiger partial charge in [0.2, 0.25) is 5.91 Å². The van der Waals surface area contributed by atoms with Crippen LogP contribution in [-0.4, -0.2) is 12.1 Å². The normalized spacial score (nSPS) is 40.2. The third-order valence-corrected chi connectivity index (χ3v) is 6.56. The fraction of sp³-hybridized carbons (Fsp3) is 0.619. The Morgan fingerprint density at radius 2 is 1.71 bits per heavy atom. The number of nitrogens with one attached hydrogen (secondary N) is 1. The highest BCUT2D eigenvalue weighted by molar-refractivity contribution is 5.86. The van der Waals surface area contributed by atoms with E-state index >= 15 is 0 Å². The number of hydrazone groups is 1. The summed E-state index contributed by atoms with van der Waals surface area (Å²) in [6.45, 7) is 6.86. The number of hydrogen-bond acceptors (Lipinski definition) is 2. The van der Waals surface area contributed by atoms with Gasteiger partial charge < -0.3 is 0 Å². The van der Waals surface area contributed by atoms with Crippen molar-refractivity contribution < 1.29 is 4.79 Å². The van der Waals surface area contributed by atoms with Gasteiger partial charge in [-0.05, 0) is 67.8 Å². The molecule has 1 amide bonds. The summed E-state index contributed by atoms with van der Waals surface area (Å²) < 4.78 is 0. The van der Waals surface area contributed by atoms with Crippen LogP contribution < -0.4 is 5.43 Å². The van der Waals surface area contributed by atoms with Crippen LogP contribution in [0.25, 0.3) is 0 Å². The quantitative estimate of drug-likeness (QED) is 0.648. The van der Waals surface area contributed by atoms with E-state index in [1.54, 1.807) is 6.21 Å². The van der Waals surface area contributed by atoms with Gasteiger partial charge in [0.1, 0.15) is 0 Å². The SMILES string of the molecule is Cc1ccc(/C=N/NC(=O)C23CC4CC(C)(CC(C)(C4)C2)C3)cc1. The van der Waals surface area contributed by atoms with Crippen LogP contribution in [0.2, 0.25) is 0 Å². The number of aryl methyl sites for hydroxylation is 1. The van der Waals surface area contributed by atoms with Crippen molar-refractivity contribution in [3.63, 3.8) is 0 Å². The highest BCUT2D eigenvalue weighted by Gasteiger charge is 2.62. The van der Waals surface area contributed by atoms with Crippen molar-refractivity contribution in [2.75, 3.05) is 0 Å². The molecule has 0 radical (unpaired) electrons. The Labute approximate surface area is 144 Å². The molecule has 4 aliphatic rings. The Bertz CT molecular complexity index is 672. The summed E-state index contributed by atoms with van der Waals surface area (Å²) >= 11 is 0. The van der Waals surface area contributed by atoms with Gasteiger partial charge in [0.05, 0.1) is 11.6 Å². The monoisotopic (exact) mass is 324 g/mol. The number of nitrogens with zero attached hydrogens (tertiary/aromatic N) is 1. The van der Waals surface area contributed by atoms with Gasteiger partial charge in [0, 0.05) is 0 Å². The van der Waals surface area contributed by atoms with E-state index in [1.165, 1.54) is 24.8 Å². The van der Waals surface area contributed by atoms with Gasteiger partial charge in [0.15, 0.2) is 0 Å². The Morgan fingerprint density at radius 3 is 2.29 bits per heavy atom. The molecular weight excluding hydrogens is 296 g/mol. The summed E-state index contributed by atoms with van der Waals surface area (Å²) in [7, 11) is 0. The molecule has 5 rings (SSSR count). The Balaban J connectivity index is 1.49. The predicted molar refractivity (Wildman–Crippen MR) is 96.8 cm³/mol. The fourth-order valence-corrected chi connectivity index (χ4v) is 6.64. The summed E-state index contributed by atoms with van der Waals surface area (Å²) in [6, 6.07) is 8.17. The summed E-state index contributed by atoms with van der Waals surface area (Å²) in [6.07, 6.45) is 8.80. The first-order chi connectivity index (χ1) is 11.3. The third kappa shape index (κ3) is 2.68. The first kappa shape index (κ1) is 15.9. The molecule has 3 nitrogen and oxygen atoms in total. The lowest BCUT2D eigenvalue weighted by Crippen LogP contribution is -2.59. The molecule has 0 heterocycles. The van der Waals surface area contributed by atoms with E-state index in [-0.39, 0.29) is 11.3 Å². The maximum absolute atomic E-state index is 13.0. The van der Waals surface area contributed by atoms with Crippen LogP contribution in [0, 0.1) is 29.1 Å². The molecule has 0 aromatic heterocycles. The summed E-state index contributed by atoms with van der Waals surface area (Å²) in [5.74, 6) is 0.871. The van der Waals surface area contributed by atoms with Crippen LogP contribution in [0.3, 0.4) is 0 Å². The molecule has 2 atom stereocenters. The predicted octanol–water partition coefficient (Wildman–Crippen LogP) is 4.44. The molecule has 4 saturated carbocycles. The summed E-state index contributed by atoms with van der Waals surface area (Å²) in [5, 5.41) is 4.25. The van der Waals surface area contributed by atoms with Crippen molar-refractivity contribution in [3.05, 3.63) is 35.4 Å². The van der Waals surface area contributed by atoms with E-state index in [0.717, 1.165) is 30.7 Å². The molecular formula is C21H28N2O. The zero-order valence-corrected chi connectivity index (χ0v) is 15.1. The Hall–Kier alpha value is -1.64. The highest BCUT2D eigenvalue weighted by atomic mass is 16.2. The maximum atomic E-state index is 13.0. The molecule has 3 heteroatoms. The standard InChI is InChI=1S/C21H28N2O/c1-15-4-6-16(7-5-15)11-22-23-18(24)21-10-17-8-19(2,13-21)12-20(3,9-17)14-21/h4-7,11,17H,8-10,12-14H2,1-3H3,(H,23,24)/b22-11+. The first-order valence-corrected chi connectivity index (χ1v) is 9.20. The van der Waals surface area contributed by atoms with Gasteiger partial charge in [-0.3, -0.25) is 4.79 Å². The molecule has 1 N–H and O–H groups in total. The van der Waals surface area contributed by atoms with Crippen molar-refractivity contribution in [1.82, 2.24) is 5.43 Å². The average Bonchev–Trinajstić information content (AvgIpc) is 2.45. The first-order valence-electron chi connectivity index (χ1n) is 9.20. The van der Waals surface area contributed by atoms with Crippen molar-refractivity contribution >= 4 is 12.1 Å². The van der Waals surface area contributed by atoms with Gasteiger partial charge in [-0.2, -0.15) is 5.10 Å². The van der Waals surface area contributed by atoms with Crippen LogP contribution in [0.15, 0.2) is 29.4 Å². The summed E-state index contributed by atoms with van der Waals surface area (Å²) in [5.41, 5.74) is 5.63. The van der Waals surface area contributed by atoms with Gasteiger partial charge in [-0.25, -0.2) is 5.43 Å². The lowest BCUT2D eigenvalue weighted by Gasteiger charge is -2.64. The fourth-order valence-electron chi connectivity index (χ4n) is 6.64. The molecule has 128 valence electrons. The smallest absolute Gasteiger partial charge is 0.246 e. The molecule has 1 aromatic rings. The van der Waals surface area contributed by atoms with Crippen molar-refractivity contribution in [2.24, 2.45) is 27.3 Å². The van der Waals surface area contributed by atoms with E-state index in [1.807, 2.05) is 12.1 Å². The van der Waals surface area contributed by atoms with Crippen LogP contribution in [-0.2, 0) is 4.79 Å². The molecule has 2 unspecified atom stereocenters. The number of benzene rings is 1. The Kier molecular flexibility index (Phi) is 3.42. The van der Waals surface area contributed by atoms with E-state index in [0.29, 0.717) is 10.8 Å². The highest BCUT2D eigenvalue weighted by Crippen LogP contribution is 2.69. The lowest BCUT2D eigenvalue weighted by molar-refractivity contribution is -0.170. The van der Waals surface area contributed by atoms with Gasteiger partial charge in [-0.15, -0.1) is 0 Å². The molecule has 0 spiro atoms. The Morgan fingerprint density at radius 1 is 1.08 bits per heavy atom. The van der Waals surface area contributed by atoms with Crippen LogP contribution >= 0.6 is 0 Å². The number of amides is 1. The summed E-state index contributed by atoms with van der Waals surface area (Å²) in [4.78, 5) is 13.0. The molecule has 4 aliphatic carbocycles. The largest absolute Gasteiger partial charge is 0.273 e. The molecule has 0 aliphatic heterocycles. The topological polar surface area (TPSA) is 41.5 Å². The van der Waals surface area contributed by atoms with E-state index in [9.17, 15) is 4.79 Å². The number of rotatable bonds is 3. The zero-order chi connectivity index (χ0) is 17.0. The van der Waals surface area contributed by atoms with Gasteiger partial charge in [-0.1, -0.05) is 43.7 Å². The molecule has 4 fully saturated rings. The second-order valence-corrected chi connectivity index (χ2v) is 9.52. The second kappa shape index (κ2) is 5.18. The average molecular weight is 324 g/mol. The second-order valence-electron chi connectivity index (χ2n) is 9.52. The van der Waals surface area contributed by atoms with Gasteiger partial charge in [0.25, 0.3) is 0 Å². The minimum Gasteiger partial charge on any atom is -0.273 e. The van der Waals surface area contributed by atoms with Crippen molar-refractivity contribution in [2.45, 2.75) is 59.3 Å². The lowest BCUT2D eigenvalue weighted by atomic mass is 9.40. The van der Waals surface area contributed by atoms with Crippen molar-refractivity contribution in [3.8, 4) is 0 Å². The van der Waals surface area contributed by atoms with Gasteiger partial charge >= 0.3 is 0 Å². The molecule has 1 aromatic carbocycles. The molecule has 24 heavy (non-hydrogen) atoms. The number of hydrogen-bond donors (Lipinski definition) is 1. The minimum atomic E-state index is -0.187. The number of carbonyl (C=O) groups excluding carboxylic acids is 1. The van der Waals surface area contributed by atoms with E-state index in [2.05, 4.69) is 43.4 Å². The van der Waals surface area contributed by atoms with Crippen LogP contribution in [0.1, 0.15) is 63.5 Å². The maximum Gasteiger partial charge on any atom is 0.246 e. The van der Waals surface area contributed by atoms with Crippen LogP contribution in [0.4, 0.5) is 0 Å². The number of carbonyl (C=O) groups is 1. The van der Waals surface area contributed by atoms with Crippen LogP contribution in [0.5, 0.6) is 0 Å². The van der Waals surface area contributed by atoms with Crippen molar-refractivity contribution in [1.29, 1.82) is 0 Å². The van der Waals surface area contributed by atoms with E-state index in [4.69, 9.17) is 0 Å².